The molecule has 0 aliphatic carbocycles. The number of hydrogen-bond donors (Lipinski definition) is 0. The number of carbonyl (C=O) groups is 1. The lowest BCUT2D eigenvalue weighted by molar-refractivity contribution is 0.0979. The molecule has 23 heavy (non-hydrogen) atoms. The zero-order chi connectivity index (χ0) is 16.8. The van der Waals surface area contributed by atoms with Gasteiger partial charge < -0.3 is 0 Å². The summed E-state index contributed by atoms with van der Waals surface area (Å²) >= 11 is 9.52. The summed E-state index contributed by atoms with van der Waals surface area (Å²) in [7, 11) is 0. The van der Waals surface area contributed by atoms with E-state index in [1.165, 1.54) is 61.2 Å². The van der Waals surface area contributed by atoms with Gasteiger partial charge in [0.1, 0.15) is 4.88 Å². The van der Waals surface area contributed by atoms with Crippen molar-refractivity contribution < 1.29 is 9.18 Å². The molecule has 2 aromatic heterocycles. The standard InChI is InChI=1S/C17H21Br2FOS2/c1-2-3-4-5-6-7-8-9-10-11(21)14-13(20)12-15(22-14)17(19)23-16(12)18/h2-10H2,1H3. The molecule has 0 N–H and O–H groups in total. The van der Waals surface area contributed by atoms with Crippen molar-refractivity contribution in [3.8, 4) is 0 Å². The average molecular weight is 484 g/mol. The van der Waals surface area contributed by atoms with Crippen molar-refractivity contribution in [3.05, 3.63) is 18.3 Å². The summed E-state index contributed by atoms with van der Waals surface area (Å²) in [5.74, 6) is -0.415. The molecular formula is C17H21Br2FOS2. The van der Waals surface area contributed by atoms with Crippen molar-refractivity contribution in [2.45, 2.75) is 64.7 Å². The second-order valence-corrected chi connectivity index (χ2v) is 10.4. The number of fused-ring (bicyclic) bond motifs is 1. The number of rotatable bonds is 10. The van der Waals surface area contributed by atoms with E-state index in [1.807, 2.05) is 0 Å². The first-order valence-electron chi connectivity index (χ1n) is 8.15. The van der Waals surface area contributed by atoms with E-state index in [4.69, 9.17) is 0 Å². The summed E-state index contributed by atoms with van der Waals surface area (Å²) < 4.78 is 16.9. The maximum absolute atomic E-state index is 14.4. The second-order valence-electron chi connectivity index (χ2n) is 5.75. The Hall–Kier alpha value is 0.220. The third-order valence-electron chi connectivity index (χ3n) is 3.91. The van der Waals surface area contributed by atoms with Crippen molar-refractivity contribution in [3.63, 3.8) is 0 Å². The van der Waals surface area contributed by atoms with Gasteiger partial charge in [0, 0.05) is 6.42 Å². The van der Waals surface area contributed by atoms with Gasteiger partial charge in [-0.1, -0.05) is 51.9 Å². The SMILES string of the molecule is CCCCCCCCCCC(=O)c1sc2c(Br)sc(Br)c2c1F. The fourth-order valence-electron chi connectivity index (χ4n) is 2.61. The topological polar surface area (TPSA) is 17.1 Å². The van der Waals surface area contributed by atoms with E-state index in [-0.39, 0.29) is 16.5 Å². The summed E-state index contributed by atoms with van der Waals surface area (Å²) in [5.41, 5.74) is 0. The number of Topliss-reactive ketones (excluding diaryl/α,β-unsaturated/α-hetero) is 1. The third kappa shape index (κ3) is 5.10. The summed E-state index contributed by atoms with van der Waals surface area (Å²) in [4.78, 5) is 12.6. The van der Waals surface area contributed by atoms with Crippen LogP contribution in [0.15, 0.2) is 7.57 Å². The molecule has 1 nitrogen and oxygen atoms in total. The Kier molecular flexibility index (Phi) is 8.19. The Labute approximate surface area is 161 Å². The summed E-state index contributed by atoms with van der Waals surface area (Å²) in [6.07, 6.45) is 9.99. The molecular weight excluding hydrogens is 463 g/mol. The predicted octanol–water partition coefficient (Wildman–Crippen LogP) is 8.34. The van der Waals surface area contributed by atoms with E-state index in [0.29, 0.717) is 11.8 Å². The molecule has 2 aromatic rings. The van der Waals surface area contributed by atoms with Gasteiger partial charge in [0.05, 0.1) is 17.7 Å². The first-order chi connectivity index (χ1) is 11.1. The molecule has 0 aliphatic heterocycles. The van der Waals surface area contributed by atoms with Crippen LogP contribution >= 0.6 is 54.5 Å². The van der Waals surface area contributed by atoms with Crippen LogP contribution in [0.25, 0.3) is 10.1 Å². The highest BCUT2D eigenvalue weighted by atomic mass is 79.9. The average Bonchev–Trinajstić information content (AvgIpc) is 3.00. The lowest BCUT2D eigenvalue weighted by atomic mass is 10.1. The van der Waals surface area contributed by atoms with Crippen LogP contribution in [0.4, 0.5) is 4.39 Å². The van der Waals surface area contributed by atoms with Gasteiger partial charge in [0.15, 0.2) is 11.6 Å². The van der Waals surface area contributed by atoms with Crippen LogP contribution in [0.1, 0.15) is 74.4 Å². The first-order valence-corrected chi connectivity index (χ1v) is 11.4. The van der Waals surface area contributed by atoms with Crippen LogP contribution in [0.2, 0.25) is 0 Å². The van der Waals surface area contributed by atoms with Gasteiger partial charge in [0.25, 0.3) is 0 Å². The van der Waals surface area contributed by atoms with Gasteiger partial charge in [-0.2, -0.15) is 0 Å². The maximum Gasteiger partial charge on any atom is 0.175 e. The molecule has 0 saturated carbocycles. The molecule has 0 spiro atoms. The van der Waals surface area contributed by atoms with Crippen LogP contribution in [-0.4, -0.2) is 5.78 Å². The van der Waals surface area contributed by atoms with Gasteiger partial charge in [-0.3, -0.25) is 4.79 Å². The Morgan fingerprint density at radius 1 is 0.957 bits per heavy atom. The van der Waals surface area contributed by atoms with Crippen molar-refractivity contribution >= 4 is 70.4 Å². The van der Waals surface area contributed by atoms with E-state index >= 15 is 0 Å². The minimum Gasteiger partial charge on any atom is -0.293 e. The molecule has 0 unspecified atom stereocenters. The monoisotopic (exact) mass is 482 g/mol. The molecule has 2 heterocycles. The number of halogens is 3. The molecule has 0 bridgehead atoms. The Morgan fingerprint density at radius 2 is 1.57 bits per heavy atom. The minimum atomic E-state index is -0.358. The molecule has 0 fully saturated rings. The summed E-state index contributed by atoms with van der Waals surface area (Å²) in [5, 5.41) is 0.547. The van der Waals surface area contributed by atoms with Crippen molar-refractivity contribution in [1.82, 2.24) is 0 Å². The van der Waals surface area contributed by atoms with E-state index < -0.39 is 0 Å². The van der Waals surface area contributed by atoms with Gasteiger partial charge in [-0.25, -0.2) is 4.39 Å². The quantitative estimate of drug-likeness (QED) is 0.245. The Morgan fingerprint density at radius 3 is 2.17 bits per heavy atom. The molecule has 0 aliphatic rings. The Balaban J connectivity index is 1.80. The number of thiophene rings is 2. The van der Waals surface area contributed by atoms with Crippen LogP contribution in [0.5, 0.6) is 0 Å². The largest absolute Gasteiger partial charge is 0.293 e. The van der Waals surface area contributed by atoms with Gasteiger partial charge in [-0.05, 0) is 38.3 Å². The molecule has 0 amide bonds. The van der Waals surface area contributed by atoms with Crippen molar-refractivity contribution in [2.75, 3.05) is 0 Å². The van der Waals surface area contributed by atoms with E-state index in [1.54, 1.807) is 0 Å². The highest BCUT2D eigenvalue weighted by molar-refractivity contribution is 9.12. The number of hydrogen-bond acceptors (Lipinski definition) is 3. The summed E-state index contributed by atoms with van der Waals surface area (Å²) in [6.45, 7) is 2.22. The molecule has 0 aromatic carbocycles. The van der Waals surface area contributed by atoms with Crippen molar-refractivity contribution in [1.29, 1.82) is 0 Å². The van der Waals surface area contributed by atoms with Crippen LogP contribution < -0.4 is 0 Å². The highest BCUT2D eigenvalue weighted by Gasteiger charge is 2.23. The van der Waals surface area contributed by atoms with Crippen molar-refractivity contribution in [2.24, 2.45) is 0 Å². The minimum absolute atomic E-state index is 0.0570. The van der Waals surface area contributed by atoms with E-state index in [9.17, 15) is 9.18 Å². The van der Waals surface area contributed by atoms with Gasteiger partial charge in [0.2, 0.25) is 0 Å². The predicted molar refractivity (Wildman–Crippen MR) is 107 cm³/mol. The smallest absolute Gasteiger partial charge is 0.175 e. The zero-order valence-corrected chi connectivity index (χ0v) is 18.0. The van der Waals surface area contributed by atoms with Gasteiger partial charge in [-0.15, -0.1) is 22.7 Å². The molecule has 0 radical (unpaired) electrons. The van der Waals surface area contributed by atoms with Crippen LogP contribution in [-0.2, 0) is 0 Å². The number of ketones is 1. The maximum atomic E-state index is 14.4. The fourth-order valence-corrected chi connectivity index (χ4v) is 7.13. The Bertz CT molecular complexity index is 663. The van der Waals surface area contributed by atoms with Crippen LogP contribution in [0.3, 0.4) is 0 Å². The lowest BCUT2D eigenvalue weighted by Gasteiger charge is -2.01. The molecule has 0 atom stereocenters. The van der Waals surface area contributed by atoms with Crippen LogP contribution in [0, 0.1) is 5.82 Å². The molecule has 6 heteroatoms. The molecule has 128 valence electrons. The first kappa shape index (κ1) is 19.5. The lowest BCUT2D eigenvalue weighted by Crippen LogP contribution is -1.98. The fraction of sp³-hybridized carbons (Fsp3) is 0.588. The molecule has 2 rings (SSSR count). The summed E-state index contributed by atoms with van der Waals surface area (Å²) in [6, 6.07) is 0. The number of carbonyl (C=O) groups excluding carboxylic acids is 1. The van der Waals surface area contributed by atoms with E-state index in [2.05, 4.69) is 38.8 Å². The van der Waals surface area contributed by atoms with E-state index in [0.717, 1.165) is 25.1 Å². The normalized spacial score (nSPS) is 11.5. The zero-order valence-electron chi connectivity index (χ0n) is 13.2. The highest BCUT2D eigenvalue weighted by Crippen LogP contribution is 2.45. The third-order valence-corrected chi connectivity index (χ3v) is 8.06. The second kappa shape index (κ2) is 9.64. The molecule has 0 saturated heterocycles. The van der Waals surface area contributed by atoms with Gasteiger partial charge >= 0.3 is 0 Å². The number of unbranched alkanes of at least 4 members (excludes halogenated alkanes) is 7.